The fourth-order valence-corrected chi connectivity index (χ4v) is 4.40. The molecular formula is C33H47FN4O6. The van der Waals surface area contributed by atoms with Gasteiger partial charge in [0.05, 0.1) is 12.6 Å². The first-order valence-electron chi connectivity index (χ1n) is 15.0. The van der Waals surface area contributed by atoms with Gasteiger partial charge in [-0.15, -0.1) is 0 Å². The van der Waals surface area contributed by atoms with E-state index in [-0.39, 0.29) is 32.8 Å². The molecule has 0 aliphatic carbocycles. The molecule has 0 spiro atoms. The second kappa shape index (κ2) is 14.6. The fourth-order valence-electron chi connectivity index (χ4n) is 4.40. The van der Waals surface area contributed by atoms with Crippen LogP contribution in [-0.4, -0.2) is 76.5 Å². The number of hydrogen-bond donors (Lipinski definition) is 1. The van der Waals surface area contributed by atoms with Crippen LogP contribution in [0, 0.1) is 11.7 Å². The maximum absolute atomic E-state index is 13.8. The summed E-state index contributed by atoms with van der Waals surface area (Å²) in [5, 5.41) is 2.96. The lowest BCUT2D eigenvalue weighted by molar-refractivity contribution is -0.0284. The first kappa shape index (κ1) is 34.5. The molecule has 3 rings (SSSR count). The molecule has 242 valence electrons. The molecule has 4 amide bonds. The van der Waals surface area contributed by atoms with E-state index >= 15 is 0 Å². The van der Waals surface area contributed by atoms with Gasteiger partial charge in [-0.2, -0.15) is 0 Å². The van der Waals surface area contributed by atoms with Crippen LogP contribution in [0.15, 0.2) is 48.5 Å². The molecule has 2 aromatic rings. The Balaban J connectivity index is 1.85. The van der Waals surface area contributed by atoms with Gasteiger partial charge < -0.3 is 24.4 Å². The Morgan fingerprint density at radius 3 is 1.84 bits per heavy atom. The third-order valence-electron chi connectivity index (χ3n) is 6.43. The predicted octanol–water partition coefficient (Wildman–Crippen LogP) is 6.39. The molecule has 44 heavy (non-hydrogen) atoms. The lowest BCUT2D eigenvalue weighted by Crippen LogP contribution is -2.63. The first-order chi connectivity index (χ1) is 20.5. The average Bonchev–Trinajstić information content (AvgIpc) is 2.93. The molecule has 11 heteroatoms. The number of amides is 4. The number of nitrogens with zero attached hydrogens (tertiary/aromatic N) is 3. The minimum atomic E-state index is -0.763. The highest BCUT2D eigenvalue weighted by atomic mass is 19.1. The van der Waals surface area contributed by atoms with Crippen LogP contribution in [-0.2, 0) is 22.6 Å². The minimum absolute atomic E-state index is 0.0580. The van der Waals surface area contributed by atoms with Crippen LogP contribution < -0.4 is 10.1 Å². The van der Waals surface area contributed by atoms with Gasteiger partial charge in [-0.25, -0.2) is 18.8 Å². The summed E-state index contributed by atoms with van der Waals surface area (Å²) in [6, 6.07) is 12.3. The zero-order chi connectivity index (χ0) is 32.7. The second-order valence-electron chi connectivity index (χ2n) is 13.5. The van der Waals surface area contributed by atoms with Crippen LogP contribution in [0.2, 0.25) is 0 Å². The average molecular weight is 615 g/mol. The standard InChI is InChI=1S/C33H47FN4O6/c1-23(2)21-42-28-15-11-24(12-16-28)17-35-29(39)38(18-25-9-13-26(34)14-10-25)27-19-36(30(40)43-32(3,4)5)22-37(20-27)31(41)44-33(6,7)8/h9-16,23,27H,17-22H2,1-8H3,(H,35,39). The summed E-state index contributed by atoms with van der Waals surface area (Å²) in [4.78, 5) is 44.5. The Kier molecular flexibility index (Phi) is 11.5. The summed E-state index contributed by atoms with van der Waals surface area (Å²) in [5.74, 6) is 0.757. The van der Waals surface area contributed by atoms with Gasteiger partial charge >= 0.3 is 18.2 Å². The first-order valence-corrected chi connectivity index (χ1v) is 15.0. The summed E-state index contributed by atoms with van der Waals surface area (Å²) < 4.78 is 30.7. The highest BCUT2D eigenvalue weighted by molar-refractivity contribution is 5.76. The molecule has 0 bridgehead atoms. The molecule has 1 aliphatic heterocycles. The van der Waals surface area contributed by atoms with Gasteiger partial charge in [0.15, 0.2) is 0 Å². The summed E-state index contributed by atoms with van der Waals surface area (Å²) in [5.41, 5.74) is 0.0284. The summed E-state index contributed by atoms with van der Waals surface area (Å²) >= 11 is 0. The number of hydrogen-bond acceptors (Lipinski definition) is 6. The van der Waals surface area contributed by atoms with Crippen molar-refractivity contribution in [3.05, 3.63) is 65.5 Å². The number of carbonyl (C=O) groups excluding carboxylic acids is 3. The molecule has 10 nitrogen and oxygen atoms in total. The third-order valence-corrected chi connectivity index (χ3v) is 6.43. The Bertz CT molecular complexity index is 1220. The Morgan fingerprint density at radius 2 is 1.36 bits per heavy atom. The van der Waals surface area contributed by atoms with Crippen molar-refractivity contribution < 1.29 is 33.0 Å². The number of ether oxygens (including phenoxy) is 3. The van der Waals surface area contributed by atoms with E-state index in [9.17, 15) is 18.8 Å². The van der Waals surface area contributed by atoms with Gasteiger partial charge in [0.25, 0.3) is 0 Å². The molecule has 1 aliphatic rings. The second-order valence-corrected chi connectivity index (χ2v) is 13.5. The van der Waals surface area contributed by atoms with Gasteiger partial charge in [0.1, 0.15) is 29.4 Å². The molecule has 0 saturated carbocycles. The molecule has 1 heterocycles. The summed E-state index contributed by atoms with van der Waals surface area (Å²) in [6.45, 7) is 15.8. The summed E-state index contributed by atoms with van der Waals surface area (Å²) in [7, 11) is 0. The van der Waals surface area contributed by atoms with Crippen molar-refractivity contribution in [3.63, 3.8) is 0 Å². The van der Waals surface area contributed by atoms with E-state index in [4.69, 9.17) is 14.2 Å². The van der Waals surface area contributed by atoms with Gasteiger partial charge in [-0.1, -0.05) is 38.1 Å². The van der Waals surface area contributed by atoms with Crippen LogP contribution in [0.1, 0.15) is 66.5 Å². The minimum Gasteiger partial charge on any atom is -0.493 e. The quantitative estimate of drug-likeness (QED) is 0.370. The molecule has 1 saturated heterocycles. The maximum atomic E-state index is 13.8. The molecule has 0 radical (unpaired) electrons. The molecule has 1 N–H and O–H groups in total. The lowest BCUT2D eigenvalue weighted by Gasteiger charge is -2.44. The molecule has 1 fully saturated rings. The Hall–Kier alpha value is -4.02. The molecular weight excluding hydrogens is 567 g/mol. The SMILES string of the molecule is CC(C)COc1ccc(CNC(=O)N(Cc2ccc(F)cc2)C2CN(C(=O)OC(C)(C)C)CN(C(=O)OC(C)(C)C)C2)cc1. The van der Waals surface area contributed by atoms with E-state index in [1.54, 1.807) is 58.6 Å². The van der Waals surface area contributed by atoms with Crippen LogP contribution in [0.3, 0.4) is 0 Å². The smallest absolute Gasteiger partial charge is 0.411 e. The number of rotatable bonds is 8. The Labute approximate surface area is 260 Å². The van der Waals surface area contributed by atoms with Gasteiger partial charge in [0.2, 0.25) is 0 Å². The van der Waals surface area contributed by atoms with Gasteiger partial charge in [-0.3, -0.25) is 9.80 Å². The third kappa shape index (κ3) is 11.2. The largest absolute Gasteiger partial charge is 0.493 e. The van der Waals surface area contributed by atoms with Crippen molar-refractivity contribution >= 4 is 18.2 Å². The van der Waals surface area contributed by atoms with Gasteiger partial charge in [0, 0.05) is 26.2 Å². The molecule has 0 atom stereocenters. The van der Waals surface area contributed by atoms with Crippen LogP contribution in [0.4, 0.5) is 18.8 Å². The predicted molar refractivity (Wildman–Crippen MR) is 165 cm³/mol. The maximum Gasteiger partial charge on any atom is 0.411 e. The van der Waals surface area contributed by atoms with Crippen molar-refractivity contribution in [2.75, 3.05) is 26.4 Å². The summed E-state index contributed by atoms with van der Waals surface area (Å²) in [6.07, 6.45) is -1.23. The van der Waals surface area contributed by atoms with Crippen molar-refractivity contribution in [1.82, 2.24) is 20.0 Å². The lowest BCUT2D eigenvalue weighted by atomic mass is 10.1. The number of urea groups is 1. The van der Waals surface area contributed by atoms with Gasteiger partial charge in [-0.05, 0) is 82.9 Å². The molecule has 0 aromatic heterocycles. The van der Waals surface area contributed by atoms with E-state index in [2.05, 4.69) is 19.2 Å². The van der Waals surface area contributed by atoms with E-state index in [0.717, 1.165) is 11.3 Å². The molecule has 2 aromatic carbocycles. The zero-order valence-electron chi connectivity index (χ0n) is 27.2. The van der Waals surface area contributed by atoms with E-state index in [0.29, 0.717) is 18.1 Å². The van der Waals surface area contributed by atoms with E-state index in [1.807, 2.05) is 24.3 Å². The van der Waals surface area contributed by atoms with Crippen LogP contribution in [0.5, 0.6) is 5.75 Å². The van der Waals surface area contributed by atoms with Crippen LogP contribution >= 0.6 is 0 Å². The number of nitrogens with one attached hydrogen (secondary N) is 1. The Morgan fingerprint density at radius 1 is 0.864 bits per heavy atom. The van der Waals surface area contributed by atoms with Crippen molar-refractivity contribution in [1.29, 1.82) is 0 Å². The highest BCUT2D eigenvalue weighted by Gasteiger charge is 2.39. The number of halogens is 1. The fraction of sp³-hybridized carbons (Fsp3) is 0.545. The highest BCUT2D eigenvalue weighted by Crippen LogP contribution is 2.22. The number of carbonyl (C=O) groups is 3. The normalized spacial score (nSPS) is 14.3. The van der Waals surface area contributed by atoms with Crippen molar-refractivity contribution in [2.45, 2.75) is 85.7 Å². The zero-order valence-corrected chi connectivity index (χ0v) is 27.2. The van der Waals surface area contributed by atoms with Crippen molar-refractivity contribution in [3.8, 4) is 5.75 Å². The topological polar surface area (TPSA) is 101 Å². The van der Waals surface area contributed by atoms with E-state index < -0.39 is 41.3 Å². The van der Waals surface area contributed by atoms with E-state index in [1.165, 1.54) is 21.9 Å². The molecule has 0 unspecified atom stereocenters. The van der Waals surface area contributed by atoms with Crippen LogP contribution in [0.25, 0.3) is 0 Å². The number of benzene rings is 2. The van der Waals surface area contributed by atoms with Crippen molar-refractivity contribution in [2.24, 2.45) is 5.92 Å². The monoisotopic (exact) mass is 614 g/mol.